The molecule has 0 rings (SSSR count). The fraction of sp³-hybridized carbons (Fsp3) is 0.400. The number of hydrogen-bond acceptors (Lipinski definition) is 1. The number of hydrogen-bond donors (Lipinski definition) is 1. The number of rotatable bonds is 1. The second kappa shape index (κ2) is 3.16. The van der Waals surface area contributed by atoms with Crippen molar-refractivity contribution in [1.29, 1.82) is 5.41 Å². The molecule has 0 atom stereocenters. The summed E-state index contributed by atoms with van der Waals surface area (Å²) < 4.78 is 67.9. The molecule has 0 aromatic rings. The molecule has 1 N–H and O–H groups in total. The number of alkyl halides is 6. The van der Waals surface area contributed by atoms with E-state index in [1.54, 1.807) is 0 Å². The summed E-state index contributed by atoms with van der Waals surface area (Å²) in [6, 6.07) is 0. The van der Waals surface area contributed by atoms with Crippen LogP contribution in [0.4, 0.5) is 26.3 Å². The summed E-state index contributed by atoms with van der Waals surface area (Å²) >= 11 is 0. The number of allylic oxidation sites excluding steroid dienone is 2. The fourth-order valence-corrected chi connectivity index (χ4v) is 0.272. The lowest BCUT2D eigenvalue weighted by molar-refractivity contribution is -0.0801. The smallest absolute Gasteiger partial charge is 0.296 e. The third kappa shape index (κ3) is 4.75. The van der Waals surface area contributed by atoms with Gasteiger partial charge in [0.2, 0.25) is 0 Å². The molecule has 0 amide bonds. The summed E-state index contributed by atoms with van der Waals surface area (Å²) in [5.41, 5.74) is -2.03. The van der Waals surface area contributed by atoms with Crippen molar-refractivity contribution in [2.45, 2.75) is 12.4 Å². The molecule has 0 aliphatic heterocycles. The van der Waals surface area contributed by atoms with Crippen molar-refractivity contribution in [2.75, 3.05) is 0 Å². The highest BCUT2D eigenvalue weighted by molar-refractivity contribution is 5.96. The molecule has 0 fully saturated rings. The Morgan fingerprint density at radius 3 is 1.67 bits per heavy atom. The van der Waals surface area contributed by atoms with Crippen LogP contribution in [0.3, 0.4) is 0 Å². The Labute approximate surface area is 63.2 Å². The predicted molar refractivity (Wildman–Crippen MR) is 29.0 cm³/mol. The lowest BCUT2D eigenvalue weighted by Crippen LogP contribution is -2.20. The van der Waals surface area contributed by atoms with Gasteiger partial charge in [-0.3, -0.25) is 5.41 Å². The van der Waals surface area contributed by atoms with Crippen molar-refractivity contribution in [1.82, 2.24) is 0 Å². The monoisotopic (exact) mass is 191 g/mol. The normalized spacial score (nSPS) is 13.8. The molecule has 0 spiro atoms. The Kier molecular flexibility index (Phi) is 2.89. The second-order valence-electron chi connectivity index (χ2n) is 1.79. The molecule has 7 heteroatoms. The van der Waals surface area contributed by atoms with Gasteiger partial charge in [0.15, 0.2) is 0 Å². The lowest BCUT2D eigenvalue weighted by atomic mass is 10.3. The summed E-state index contributed by atoms with van der Waals surface area (Å²) in [5.74, 6) is 0. The molecule has 70 valence electrons. The van der Waals surface area contributed by atoms with E-state index < -0.39 is 24.1 Å². The minimum absolute atomic E-state index is 0.333. The molecule has 0 radical (unpaired) electrons. The van der Waals surface area contributed by atoms with Gasteiger partial charge in [-0.15, -0.1) is 0 Å². The topological polar surface area (TPSA) is 23.9 Å². The van der Waals surface area contributed by atoms with Crippen molar-refractivity contribution in [2.24, 2.45) is 0 Å². The Morgan fingerprint density at radius 2 is 1.42 bits per heavy atom. The average Bonchev–Trinajstić information content (AvgIpc) is 1.78. The van der Waals surface area contributed by atoms with Gasteiger partial charge in [0.25, 0.3) is 0 Å². The van der Waals surface area contributed by atoms with Crippen LogP contribution in [0.5, 0.6) is 0 Å². The molecule has 0 heterocycles. The predicted octanol–water partition coefficient (Wildman–Crippen LogP) is 2.69. The molecule has 0 aromatic heterocycles. The molecule has 0 saturated heterocycles. The third-order valence-corrected chi connectivity index (χ3v) is 0.744. The molecule has 1 nitrogen and oxygen atoms in total. The van der Waals surface area contributed by atoms with E-state index in [1.165, 1.54) is 0 Å². The first kappa shape index (κ1) is 11.0. The molecule has 0 aliphatic carbocycles. The van der Waals surface area contributed by atoms with Crippen molar-refractivity contribution >= 4 is 5.71 Å². The largest absolute Gasteiger partial charge is 0.432 e. The fourth-order valence-electron chi connectivity index (χ4n) is 0.272. The summed E-state index contributed by atoms with van der Waals surface area (Å²) in [7, 11) is 0. The Morgan fingerprint density at radius 1 is 1.00 bits per heavy atom. The maximum atomic E-state index is 11.4. The zero-order valence-electron chi connectivity index (χ0n) is 5.42. The van der Waals surface area contributed by atoms with Crippen molar-refractivity contribution < 1.29 is 26.3 Å². The van der Waals surface area contributed by atoms with Gasteiger partial charge in [0, 0.05) is 6.08 Å². The highest BCUT2D eigenvalue weighted by Gasteiger charge is 2.33. The van der Waals surface area contributed by atoms with Crippen LogP contribution < -0.4 is 0 Å². The highest BCUT2D eigenvalue weighted by Crippen LogP contribution is 2.20. The van der Waals surface area contributed by atoms with Crippen molar-refractivity contribution in [3.63, 3.8) is 0 Å². The average molecular weight is 191 g/mol. The Balaban J connectivity index is 4.30. The first-order valence-electron chi connectivity index (χ1n) is 2.54. The van der Waals surface area contributed by atoms with E-state index in [0.29, 0.717) is 0 Å². The van der Waals surface area contributed by atoms with E-state index in [9.17, 15) is 26.3 Å². The van der Waals surface area contributed by atoms with Crippen molar-refractivity contribution in [3.05, 3.63) is 12.2 Å². The molecule has 0 saturated carbocycles. The van der Waals surface area contributed by atoms with E-state index in [0.717, 1.165) is 0 Å². The summed E-state index contributed by atoms with van der Waals surface area (Å²) in [5, 5.41) is 6.11. The van der Waals surface area contributed by atoms with E-state index in [-0.39, 0.29) is 6.08 Å². The van der Waals surface area contributed by atoms with Crippen LogP contribution in [0.15, 0.2) is 12.2 Å². The van der Waals surface area contributed by atoms with Crippen molar-refractivity contribution in [3.8, 4) is 0 Å². The van der Waals surface area contributed by atoms with Crippen LogP contribution in [0.1, 0.15) is 0 Å². The maximum absolute atomic E-state index is 11.4. The molecule has 0 unspecified atom stereocenters. The van der Waals surface area contributed by atoms with Gasteiger partial charge in [-0.2, -0.15) is 26.3 Å². The Hall–Kier alpha value is -1.01. The van der Waals surface area contributed by atoms with Crippen LogP contribution in [0, 0.1) is 5.41 Å². The minimum Gasteiger partial charge on any atom is -0.296 e. The van der Waals surface area contributed by atoms with Gasteiger partial charge in [-0.25, -0.2) is 0 Å². The van der Waals surface area contributed by atoms with Crippen LogP contribution in [-0.4, -0.2) is 18.1 Å². The number of nitrogens with one attached hydrogen (secondary N) is 1. The first-order valence-corrected chi connectivity index (χ1v) is 2.54. The van der Waals surface area contributed by atoms with Gasteiger partial charge >= 0.3 is 12.4 Å². The van der Waals surface area contributed by atoms with Crippen LogP contribution in [-0.2, 0) is 0 Å². The zero-order chi connectivity index (χ0) is 9.99. The quantitative estimate of drug-likeness (QED) is 0.486. The Bertz CT molecular complexity index is 197. The molecule has 0 aliphatic rings. The van der Waals surface area contributed by atoms with E-state index >= 15 is 0 Å². The van der Waals surface area contributed by atoms with Gasteiger partial charge in [0.1, 0.15) is 5.71 Å². The maximum Gasteiger partial charge on any atom is 0.432 e. The summed E-state index contributed by atoms with van der Waals surface area (Å²) in [6.45, 7) is 0. The lowest BCUT2D eigenvalue weighted by Gasteiger charge is -2.03. The molecule has 0 bridgehead atoms. The van der Waals surface area contributed by atoms with Crippen LogP contribution >= 0.6 is 0 Å². The first-order chi connectivity index (χ1) is 5.13. The second-order valence-corrected chi connectivity index (χ2v) is 1.79. The minimum atomic E-state index is -5.03. The highest BCUT2D eigenvalue weighted by atomic mass is 19.4. The van der Waals surface area contributed by atoms with Gasteiger partial charge in [-0.05, 0) is 6.08 Å². The zero-order valence-corrected chi connectivity index (χ0v) is 5.42. The molecule has 12 heavy (non-hydrogen) atoms. The SMILES string of the molecule is N=C(/C=C/C(F)(F)F)C(F)(F)F. The van der Waals surface area contributed by atoms with Crippen LogP contribution in [0.2, 0.25) is 0 Å². The van der Waals surface area contributed by atoms with E-state index in [2.05, 4.69) is 0 Å². The summed E-state index contributed by atoms with van der Waals surface area (Å²) in [4.78, 5) is 0. The van der Waals surface area contributed by atoms with Gasteiger partial charge < -0.3 is 0 Å². The third-order valence-electron chi connectivity index (χ3n) is 0.744. The molecular weight excluding hydrogens is 188 g/mol. The van der Waals surface area contributed by atoms with E-state index in [4.69, 9.17) is 5.41 Å². The van der Waals surface area contributed by atoms with Crippen LogP contribution in [0.25, 0.3) is 0 Å². The van der Waals surface area contributed by atoms with Gasteiger partial charge in [0.05, 0.1) is 0 Å². The number of halogens is 6. The van der Waals surface area contributed by atoms with E-state index in [1.807, 2.05) is 0 Å². The summed E-state index contributed by atoms with van der Waals surface area (Å²) in [6.07, 6.45) is -10.8. The molecule has 0 aromatic carbocycles. The van der Waals surface area contributed by atoms with Gasteiger partial charge in [-0.1, -0.05) is 0 Å². The molecular formula is C5H3F6N. The standard InChI is InChI=1S/C5H3F6N/c6-4(7,8)2-1-3(12)5(9,10)11/h1-2,12H/b2-1+,12-3?.